The summed E-state index contributed by atoms with van der Waals surface area (Å²) in [5.41, 5.74) is 4.65. The van der Waals surface area contributed by atoms with Gasteiger partial charge in [0, 0.05) is 33.0 Å². The average molecular weight is 459 g/mol. The number of benzene rings is 3. The number of esters is 1. The third-order valence-electron chi connectivity index (χ3n) is 5.73. The molecule has 0 aliphatic heterocycles. The van der Waals surface area contributed by atoms with Gasteiger partial charge in [0.05, 0.1) is 0 Å². The molecule has 0 saturated carbocycles. The van der Waals surface area contributed by atoms with E-state index in [1.54, 1.807) is 0 Å². The van der Waals surface area contributed by atoms with Crippen LogP contribution in [-0.2, 0) is 17.6 Å². The molecule has 33 heavy (non-hydrogen) atoms. The van der Waals surface area contributed by atoms with E-state index >= 15 is 0 Å². The van der Waals surface area contributed by atoms with Crippen molar-refractivity contribution < 1.29 is 14.3 Å². The predicted molar refractivity (Wildman–Crippen MR) is 135 cm³/mol. The number of hydrogen-bond acceptors (Lipinski definition) is 3. The fourth-order valence-electron chi connectivity index (χ4n) is 4.17. The normalized spacial score (nSPS) is 12.5. The molecule has 0 amide bonds. The quantitative estimate of drug-likeness (QED) is 0.155. The molecule has 3 aromatic rings. The van der Waals surface area contributed by atoms with Crippen molar-refractivity contribution in [1.82, 2.24) is 0 Å². The summed E-state index contributed by atoms with van der Waals surface area (Å²) in [6.07, 6.45) is 9.07. The van der Waals surface area contributed by atoms with Crippen molar-refractivity contribution in [2.45, 2.75) is 39.5 Å². The molecule has 3 nitrogen and oxygen atoms in total. The molecule has 4 rings (SSSR count). The number of para-hydroxylation sites is 1. The van der Waals surface area contributed by atoms with E-state index in [0.29, 0.717) is 23.6 Å². The van der Waals surface area contributed by atoms with Gasteiger partial charge >= 0.3 is 5.97 Å². The first-order chi connectivity index (χ1) is 16.0. The van der Waals surface area contributed by atoms with Crippen molar-refractivity contribution in [3.63, 3.8) is 0 Å². The molecule has 0 fully saturated rings. The molecule has 1 aliphatic rings. The summed E-state index contributed by atoms with van der Waals surface area (Å²) < 4.78 is 12.2. The van der Waals surface area contributed by atoms with Gasteiger partial charge in [-0.3, -0.25) is 0 Å². The predicted octanol–water partition coefficient (Wildman–Crippen LogP) is 8.15. The van der Waals surface area contributed by atoms with Crippen molar-refractivity contribution in [3.8, 4) is 17.2 Å². The third-order valence-corrected chi connectivity index (χ3v) is 5.97. The van der Waals surface area contributed by atoms with Crippen LogP contribution in [0.5, 0.6) is 17.2 Å². The molecule has 168 valence electrons. The molecule has 0 heterocycles. The third kappa shape index (κ3) is 5.20. The Hall–Kier alpha value is -3.30. The van der Waals surface area contributed by atoms with Gasteiger partial charge in [0.1, 0.15) is 17.2 Å². The lowest BCUT2D eigenvalue weighted by atomic mass is 9.85. The number of rotatable bonds is 7. The lowest BCUT2D eigenvalue weighted by Crippen LogP contribution is -2.12. The van der Waals surface area contributed by atoms with Crippen molar-refractivity contribution in [2.24, 2.45) is 0 Å². The molecule has 0 bridgehead atoms. The Kier molecular flexibility index (Phi) is 7.00. The molecule has 0 unspecified atom stereocenters. The van der Waals surface area contributed by atoms with Gasteiger partial charge in [-0.25, -0.2) is 4.79 Å². The van der Waals surface area contributed by atoms with Gasteiger partial charge in [-0.15, -0.1) is 0 Å². The summed E-state index contributed by atoms with van der Waals surface area (Å²) in [5.74, 6) is 1.59. The second-order valence-corrected chi connectivity index (χ2v) is 8.85. The summed E-state index contributed by atoms with van der Waals surface area (Å²) in [6, 6.07) is 15.3. The summed E-state index contributed by atoms with van der Waals surface area (Å²) in [7, 11) is 0. The summed E-state index contributed by atoms with van der Waals surface area (Å²) in [4.78, 5) is 12.3. The highest BCUT2D eigenvalue weighted by molar-refractivity contribution is 6.31. The number of halogens is 1. The maximum atomic E-state index is 12.3. The lowest BCUT2D eigenvalue weighted by molar-refractivity contribution is -0.128. The van der Waals surface area contributed by atoms with Gasteiger partial charge in [-0.2, -0.15) is 0 Å². The van der Waals surface area contributed by atoms with Gasteiger partial charge < -0.3 is 9.47 Å². The molecule has 0 radical (unpaired) electrons. The highest BCUT2D eigenvalue weighted by atomic mass is 35.5. The van der Waals surface area contributed by atoms with E-state index in [4.69, 9.17) is 21.1 Å². The monoisotopic (exact) mass is 458 g/mol. The molecule has 0 atom stereocenters. The summed E-state index contributed by atoms with van der Waals surface area (Å²) >= 11 is 6.37. The largest absolute Gasteiger partial charge is 0.456 e. The van der Waals surface area contributed by atoms with Crippen LogP contribution in [0.3, 0.4) is 0 Å². The zero-order valence-corrected chi connectivity index (χ0v) is 19.7. The topological polar surface area (TPSA) is 35.5 Å². The van der Waals surface area contributed by atoms with Crippen molar-refractivity contribution in [1.29, 1.82) is 0 Å². The standard InChI is InChI=1S/C29H27ClO3/c1-4-27(31)33-29-24-16-14-21(30)18-26(24)28(32-22-11-6-5-7-12-22)23-15-13-20(17-25(23)29)10-8-9-19(2)3/h4-7,9,11-14,16,18H,1,8,10,15,17H2,2-3H3. The van der Waals surface area contributed by atoms with Crippen LogP contribution in [0.2, 0.25) is 5.02 Å². The van der Waals surface area contributed by atoms with E-state index in [0.717, 1.165) is 46.2 Å². The first-order valence-corrected chi connectivity index (χ1v) is 11.5. The summed E-state index contributed by atoms with van der Waals surface area (Å²) in [5, 5.41) is 2.21. The number of fused-ring (bicyclic) bond motifs is 2. The molecule has 0 aromatic heterocycles. The zero-order chi connectivity index (χ0) is 23.4. The molecule has 1 aliphatic carbocycles. The first kappa shape index (κ1) is 22.9. The van der Waals surface area contributed by atoms with E-state index in [2.05, 4.69) is 32.6 Å². The molecular formula is C29H27ClO3. The maximum Gasteiger partial charge on any atom is 0.335 e. The van der Waals surface area contributed by atoms with Gasteiger partial charge in [-0.1, -0.05) is 59.7 Å². The van der Waals surface area contributed by atoms with Crippen LogP contribution >= 0.6 is 11.6 Å². The highest BCUT2D eigenvalue weighted by Gasteiger charge is 2.26. The molecule has 0 spiro atoms. The Balaban J connectivity index is 1.87. The molecular weight excluding hydrogens is 432 g/mol. The van der Waals surface area contributed by atoms with E-state index in [-0.39, 0.29) is 0 Å². The van der Waals surface area contributed by atoms with Crippen LogP contribution in [0.1, 0.15) is 37.8 Å². The number of carbonyl (C=O) groups excluding carboxylic acids is 1. The van der Waals surface area contributed by atoms with Crippen molar-refractivity contribution >= 4 is 28.3 Å². The van der Waals surface area contributed by atoms with Crippen LogP contribution in [-0.4, -0.2) is 5.97 Å². The van der Waals surface area contributed by atoms with E-state index < -0.39 is 5.97 Å². The van der Waals surface area contributed by atoms with Crippen LogP contribution in [0.25, 0.3) is 10.8 Å². The second kappa shape index (κ2) is 10.1. The Morgan fingerprint density at radius 1 is 1.06 bits per heavy atom. The number of ether oxygens (including phenoxy) is 2. The molecule has 4 heteroatoms. The van der Waals surface area contributed by atoms with Crippen molar-refractivity contribution in [3.05, 3.63) is 101 Å². The minimum Gasteiger partial charge on any atom is -0.456 e. The Labute approximate surface area is 200 Å². The minimum atomic E-state index is -0.481. The second-order valence-electron chi connectivity index (χ2n) is 8.41. The molecule has 0 N–H and O–H groups in total. The lowest BCUT2D eigenvalue weighted by Gasteiger charge is -2.25. The van der Waals surface area contributed by atoms with Crippen LogP contribution < -0.4 is 9.47 Å². The number of hydrogen-bond donors (Lipinski definition) is 0. The fourth-order valence-corrected chi connectivity index (χ4v) is 4.34. The number of carbonyl (C=O) groups is 1. The van der Waals surface area contributed by atoms with E-state index in [9.17, 15) is 4.79 Å². The van der Waals surface area contributed by atoms with E-state index in [1.165, 1.54) is 17.2 Å². The first-order valence-electron chi connectivity index (χ1n) is 11.1. The Morgan fingerprint density at radius 3 is 2.58 bits per heavy atom. The fraction of sp³-hybridized carbons (Fsp3) is 0.207. The van der Waals surface area contributed by atoms with Crippen LogP contribution in [0.15, 0.2) is 84.5 Å². The van der Waals surface area contributed by atoms with Crippen LogP contribution in [0, 0.1) is 0 Å². The Bertz CT molecular complexity index is 1270. The van der Waals surface area contributed by atoms with Gasteiger partial charge in [0.2, 0.25) is 0 Å². The Morgan fingerprint density at radius 2 is 1.85 bits per heavy atom. The SMILES string of the molecule is C=CC(=O)Oc1c2c(c(Oc3ccccc3)c3cc(Cl)ccc13)CC=C(CCC=C(C)C)C2. The summed E-state index contributed by atoms with van der Waals surface area (Å²) in [6.45, 7) is 7.80. The number of allylic oxidation sites excluding steroid dienone is 4. The zero-order valence-electron chi connectivity index (χ0n) is 19.0. The molecule has 0 saturated heterocycles. The highest BCUT2D eigenvalue weighted by Crippen LogP contribution is 2.46. The average Bonchev–Trinajstić information content (AvgIpc) is 2.81. The van der Waals surface area contributed by atoms with Gasteiger partial charge in [0.15, 0.2) is 0 Å². The maximum absolute atomic E-state index is 12.3. The van der Waals surface area contributed by atoms with Crippen molar-refractivity contribution in [2.75, 3.05) is 0 Å². The smallest absolute Gasteiger partial charge is 0.335 e. The van der Waals surface area contributed by atoms with Gasteiger partial charge in [0.25, 0.3) is 0 Å². The van der Waals surface area contributed by atoms with Crippen LogP contribution in [0.4, 0.5) is 0 Å². The van der Waals surface area contributed by atoms with E-state index in [1.807, 2.05) is 48.5 Å². The molecule has 3 aromatic carbocycles. The van der Waals surface area contributed by atoms with Gasteiger partial charge in [-0.05, 0) is 69.9 Å². The minimum absolute atomic E-state index is 0.481.